The van der Waals surface area contributed by atoms with E-state index in [1.807, 2.05) is 6.92 Å². The van der Waals surface area contributed by atoms with Gasteiger partial charge < -0.3 is 9.84 Å². The first-order valence-electron chi connectivity index (χ1n) is 5.50. The highest BCUT2D eigenvalue weighted by Gasteiger charge is 2.46. The van der Waals surface area contributed by atoms with Gasteiger partial charge in [-0.1, -0.05) is 19.8 Å². The number of ether oxygens (including phenoxy) is 1. The largest absolute Gasteiger partial charge is 0.481 e. The number of carbonyl (C=O) groups excluding carboxylic acids is 1. The summed E-state index contributed by atoms with van der Waals surface area (Å²) in [6, 6.07) is 0. The number of esters is 1. The predicted molar refractivity (Wildman–Crippen MR) is 54.4 cm³/mol. The van der Waals surface area contributed by atoms with E-state index < -0.39 is 11.4 Å². The van der Waals surface area contributed by atoms with Crippen LogP contribution in [0.15, 0.2) is 0 Å². The maximum atomic E-state index is 11.3. The Labute approximate surface area is 89.6 Å². The average Bonchev–Trinajstić information content (AvgIpc) is 2.11. The molecule has 4 nitrogen and oxygen atoms in total. The molecule has 15 heavy (non-hydrogen) atoms. The Morgan fingerprint density at radius 1 is 1.40 bits per heavy atom. The fourth-order valence-corrected chi connectivity index (χ4v) is 1.73. The number of carbonyl (C=O) groups is 2. The maximum absolute atomic E-state index is 11.3. The lowest BCUT2D eigenvalue weighted by Crippen LogP contribution is -2.40. The van der Waals surface area contributed by atoms with Crippen LogP contribution in [0.4, 0.5) is 0 Å². The normalized spacial score (nSPS) is 17.9. The number of aliphatic carboxylic acids is 1. The molecule has 0 atom stereocenters. The van der Waals surface area contributed by atoms with Crippen LogP contribution < -0.4 is 0 Å². The lowest BCUT2D eigenvalue weighted by atomic mass is 9.67. The van der Waals surface area contributed by atoms with Crippen molar-refractivity contribution in [2.45, 2.75) is 45.4 Å². The Bertz CT molecular complexity index is 243. The summed E-state index contributed by atoms with van der Waals surface area (Å²) >= 11 is 0. The molecular formula is C11H18O4. The van der Waals surface area contributed by atoms with Crippen molar-refractivity contribution in [1.82, 2.24) is 0 Å². The Morgan fingerprint density at radius 2 is 2.07 bits per heavy atom. The van der Waals surface area contributed by atoms with Crippen molar-refractivity contribution in [1.29, 1.82) is 0 Å². The molecule has 0 heterocycles. The van der Waals surface area contributed by atoms with Gasteiger partial charge in [-0.25, -0.2) is 0 Å². The van der Waals surface area contributed by atoms with Gasteiger partial charge in [-0.15, -0.1) is 0 Å². The van der Waals surface area contributed by atoms with E-state index >= 15 is 0 Å². The SMILES string of the molecule is CCCCOC(=O)CC1(C(=O)O)CCC1. The topological polar surface area (TPSA) is 63.6 Å². The molecule has 86 valence electrons. The predicted octanol–water partition coefficient (Wildman–Crippen LogP) is 1.97. The summed E-state index contributed by atoms with van der Waals surface area (Å²) in [4.78, 5) is 22.3. The van der Waals surface area contributed by atoms with E-state index in [0.29, 0.717) is 19.4 Å². The molecule has 1 aliphatic rings. The van der Waals surface area contributed by atoms with Crippen molar-refractivity contribution in [2.75, 3.05) is 6.61 Å². The van der Waals surface area contributed by atoms with Gasteiger partial charge >= 0.3 is 11.9 Å². The fourth-order valence-electron chi connectivity index (χ4n) is 1.73. The monoisotopic (exact) mass is 214 g/mol. The molecule has 0 aromatic rings. The van der Waals surface area contributed by atoms with Crippen LogP contribution in [0.1, 0.15) is 45.4 Å². The van der Waals surface area contributed by atoms with E-state index in [4.69, 9.17) is 9.84 Å². The minimum Gasteiger partial charge on any atom is -0.481 e. The molecule has 0 bridgehead atoms. The second-order valence-electron chi connectivity index (χ2n) is 4.19. The zero-order valence-electron chi connectivity index (χ0n) is 9.12. The molecule has 0 unspecified atom stereocenters. The van der Waals surface area contributed by atoms with Crippen LogP contribution in [0, 0.1) is 5.41 Å². The van der Waals surface area contributed by atoms with Crippen molar-refractivity contribution < 1.29 is 19.4 Å². The number of unbranched alkanes of at least 4 members (excludes halogenated alkanes) is 1. The molecule has 1 rings (SSSR count). The third-order valence-corrected chi connectivity index (χ3v) is 3.01. The van der Waals surface area contributed by atoms with E-state index in [1.165, 1.54) is 0 Å². The number of hydrogen-bond donors (Lipinski definition) is 1. The van der Waals surface area contributed by atoms with Gasteiger partial charge in [0.25, 0.3) is 0 Å². The van der Waals surface area contributed by atoms with Crippen LogP contribution in [0.25, 0.3) is 0 Å². The lowest BCUT2D eigenvalue weighted by molar-refractivity contribution is -0.163. The third-order valence-electron chi connectivity index (χ3n) is 3.01. The highest BCUT2D eigenvalue weighted by molar-refractivity contribution is 5.83. The first-order chi connectivity index (χ1) is 7.10. The summed E-state index contributed by atoms with van der Waals surface area (Å²) < 4.78 is 4.96. The Kier molecular flexibility index (Phi) is 4.12. The molecule has 0 aromatic carbocycles. The number of carboxylic acids is 1. The summed E-state index contributed by atoms with van der Waals surface area (Å²) in [5.41, 5.74) is -0.816. The van der Waals surface area contributed by atoms with E-state index in [1.54, 1.807) is 0 Å². The molecule has 1 fully saturated rings. The second kappa shape index (κ2) is 5.14. The zero-order valence-corrected chi connectivity index (χ0v) is 9.12. The van der Waals surface area contributed by atoms with Gasteiger partial charge in [0, 0.05) is 0 Å². The molecular weight excluding hydrogens is 196 g/mol. The first kappa shape index (κ1) is 12.0. The summed E-state index contributed by atoms with van der Waals surface area (Å²) in [7, 11) is 0. The highest BCUT2D eigenvalue weighted by atomic mass is 16.5. The van der Waals surface area contributed by atoms with E-state index in [2.05, 4.69) is 0 Å². The first-order valence-corrected chi connectivity index (χ1v) is 5.50. The Hall–Kier alpha value is -1.06. The van der Waals surface area contributed by atoms with Gasteiger partial charge in [0.1, 0.15) is 0 Å². The fraction of sp³-hybridized carbons (Fsp3) is 0.818. The molecule has 0 saturated heterocycles. The third kappa shape index (κ3) is 2.94. The maximum Gasteiger partial charge on any atom is 0.310 e. The molecule has 1 saturated carbocycles. The summed E-state index contributed by atoms with van der Waals surface area (Å²) in [5, 5.41) is 9.00. The van der Waals surface area contributed by atoms with Crippen molar-refractivity contribution in [3.05, 3.63) is 0 Å². The highest BCUT2D eigenvalue weighted by Crippen LogP contribution is 2.44. The summed E-state index contributed by atoms with van der Waals surface area (Å²) in [6.07, 6.45) is 3.94. The van der Waals surface area contributed by atoms with E-state index in [9.17, 15) is 9.59 Å². The van der Waals surface area contributed by atoms with Crippen LogP contribution in [0.2, 0.25) is 0 Å². The molecule has 0 aliphatic heterocycles. The smallest absolute Gasteiger partial charge is 0.310 e. The summed E-state index contributed by atoms with van der Waals surface area (Å²) in [5.74, 6) is -1.23. The number of hydrogen-bond acceptors (Lipinski definition) is 3. The number of rotatable bonds is 6. The Morgan fingerprint density at radius 3 is 2.47 bits per heavy atom. The minimum atomic E-state index is -0.860. The van der Waals surface area contributed by atoms with Crippen LogP contribution in [-0.2, 0) is 14.3 Å². The van der Waals surface area contributed by atoms with Gasteiger partial charge in [0.2, 0.25) is 0 Å². The van der Waals surface area contributed by atoms with Crippen LogP contribution in [0.5, 0.6) is 0 Å². The van der Waals surface area contributed by atoms with Crippen molar-refractivity contribution in [3.8, 4) is 0 Å². The molecule has 0 aromatic heterocycles. The van der Waals surface area contributed by atoms with Crippen LogP contribution >= 0.6 is 0 Å². The van der Waals surface area contributed by atoms with Crippen molar-refractivity contribution >= 4 is 11.9 Å². The van der Waals surface area contributed by atoms with Gasteiger partial charge in [-0.3, -0.25) is 9.59 Å². The molecule has 4 heteroatoms. The summed E-state index contributed by atoms with van der Waals surface area (Å²) in [6.45, 7) is 2.42. The van der Waals surface area contributed by atoms with Crippen molar-refractivity contribution in [2.24, 2.45) is 5.41 Å². The van der Waals surface area contributed by atoms with Crippen molar-refractivity contribution in [3.63, 3.8) is 0 Å². The van der Waals surface area contributed by atoms with Crippen LogP contribution in [-0.4, -0.2) is 23.7 Å². The molecule has 0 radical (unpaired) electrons. The van der Waals surface area contributed by atoms with E-state index in [0.717, 1.165) is 19.3 Å². The Balaban J connectivity index is 2.32. The molecule has 0 spiro atoms. The van der Waals surface area contributed by atoms with Gasteiger partial charge in [0.05, 0.1) is 18.4 Å². The molecule has 1 N–H and O–H groups in total. The van der Waals surface area contributed by atoms with Gasteiger partial charge in [0.15, 0.2) is 0 Å². The standard InChI is InChI=1S/C11H18O4/c1-2-3-7-15-9(12)8-11(10(13)14)5-4-6-11/h2-8H2,1H3,(H,13,14). The van der Waals surface area contributed by atoms with Gasteiger partial charge in [-0.2, -0.15) is 0 Å². The molecule has 0 amide bonds. The molecule has 1 aliphatic carbocycles. The zero-order chi connectivity index (χ0) is 11.3. The van der Waals surface area contributed by atoms with E-state index in [-0.39, 0.29) is 12.4 Å². The second-order valence-corrected chi connectivity index (χ2v) is 4.19. The average molecular weight is 214 g/mol. The number of carboxylic acid groups (broad SMARTS) is 1. The quantitative estimate of drug-likeness (QED) is 0.542. The lowest BCUT2D eigenvalue weighted by Gasteiger charge is -2.36. The van der Waals surface area contributed by atoms with Crippen LogP contribution in [0.3, 0.4) is 0 Å². The van der Waals surface area contributed by atoms with Gasteiger partial charge in [-0.05, 0) is 19.3 Å². The minimum absolute atomic E-state index is 0.0338.